The molecule has 0 aromatic heterocycles. The smallest absolute Gasteiger partial charge is 0.241 e. The first-order chi connectivity index (χ1) is 9.43. The molecule has 1 aromatic carbocycles. The minimum absolute atomic E-state index is 0.0555. The van der Waals surface area contributed by atoms with Gasteiger partial charge in [-0.25, -0.2) is 4.39 Å². The van der Waals surface area contributed by atoms with Gasteiger partial charge < -0.3 is 9.64 Å². The van der Waals surface area contributed by atoms with Crippen molar-refractivity contribution in [1.82, 2.24) is 10.2 Å². The molecular weight excluding hydrogens is 259 g/mol. The van der Waals surface area contributed by atoms with E-state index in [1.807, 2.05) is 6.92 Å². The predicted octanol–water partition coefficient (Wildman–Crippen LogP) is 2.31. The molecule has 1 saturated heterocycles. The van der Waals surface area contributed by atoms with Crippen LogP contribution in [0.25, 0.3) is 0 Å². The topological polar surface area (TPSA) is 41.6 Å². The van der Waals surface area contributed by atoms with Gasteiger partial charge in [0.15, 0.2) is 11.6 Å². The second-order valence-electron chi connectivity index (χ2n) is 5.57. The summed E-state index contributed by atoms with van der Waals surface area (Å²) in [6, 6.07) is 4.56. The lowest BCUT2D eigenvalue weighted by atomic mass is 10.1. The number of benzene rings is 1. The molecule has 20 heavy (non-hydrogen) atoms. The average molecular weight is 280 g/mol. The molecule has 1 aliphatic rings. The van der Waals surface area contributed by atoms with Crippen LogP contribution in [0.4, 0.5) is 4.39 Å². The van der Waals surface area contributed by atoms with Gasteiger partial charge in [-0.2, -0.15) is 0 Å². The average Bonchev–Trinajstić information content (AvgIpc) is 2.66. The Morgan fingerprint density at radius 1 is 1.45 bits per heavy atom. The maximum absolute atomic E-state index is 13.8. The molecule has 0 radical (unpaired) electrons. The summed E-state index contributed by atoms with van der Waals surface area (Å²) in [6.45, 7) is 6.59. The zero-order valence-corrected chi connectivity index (χ0v) is 12.3. The number of nitrogens with one attached hydrogen (secondary N) is 1. The van der Waals surface area contributed by atoms with Crippen molar-refractivity contribution in [3.05, 3.63) is 29.6 Å². The number of ether oxygens (including phenoxy) is 1. The summed E-state index contributed by atoms with van der Waals surface area (Å²) in [6.07, 6.45) is -0.277. The molecule has 0 aliphatic carbocycles. The third-order valence-electron chi connectivity index (χ3n) is 3.43. The lowest BCUT2D eigenvalue weighted by molar-refractivity contribution is -0.130. The fourth-order valence-electron chi connectivity index (χ4n) is 2.49. The summed E-state index contributed by atoms with van der Waals surface area (Å²) in [5.74, 6) is 0.210. The van der Waals surface area contributed by atoms with Crippen molar-refractivity contribution in [2.45, 2.75) is 33.0 Å². The highest BCUT2D eigenvalue weighted by Crippen LogP contribution is 2.29. The van der Waals surface area contributed by atoms with Crippen LogP contribution in [0.5, 0.6) is 5.75 Å². The van der Waals surface area contributed by atoms with Gasteiger partial charge in [0.1, 0.15) is 6.17 Å². The lowest BCUT2D eigenvalue weighted by Gasteiger charge is -2.26. The molecule has 1 aliphatic heterocycles. The van der Waals surface area contributed by atoms with Crippen molar-refractivity contribution in [3.8, 4) is 5.75 Å². The van der Waals surface area contributed by atoms with Crippen molar-refractivity contribution in [2.75, 3.05) is 13.7 Å². The third kappa shape index (κ3) is 2.77. The zero-order chi connectivity index (χ0) is 14.9. The molecule has 0 saturated carbocycles. The molecule has 1 fully saturated rings. The Labute approximate surface area is 118 Å². The summed E-state index contributed by atoms with van der Waals surface area (Å²) >= 11 is 0. The van der Waals surface area contributed by atoms with E-state index in [4.69, 9.17) is 4.74 Å². The molecule has 1 N–H and O–H groups in total. The normalized spacial score (nSPS) is 22.7. The van der Waals surface area contributed by atoms with Crippen LogP contribution in [0.1, 0.15) is 32.5 Å². The highest BCUT2D eigenvalue weighted by molar-refractivity contribution is 5.84. The fraction of sp³-hybridized carbons (Fsp3) is 0.533. The lowest BCUT2D eigenvalue weighted by Crippen LogP contribution is -2.33. The molecule has 1 heterocycles. The molecule has 2 atom stereocenters. The van der Waals surface area contributed by atoms with E-state index in [9.17, 15) is 9.18 Å². The van der Waals surface area contributed by atoms with Crippen LogP contribution in [-0.2, 0) is 4.79 Å². The number of carbonyl (C=O) groups excluding carboxylic acids is 1. The van der Waals surface area contributed by atoms with Crippen LogP contribution < -0.4 is 10.1 Å². The Hall–Kier alpha value is -1.62. The van der Waals surface area contributed by atoms with Crippen LogP contribution in [0.3, 0.4) is 0 Å². The molecule has 0 bridgehead atoms. The number of amides is 1. The van der Waals surface area contributed by atoms with Crippen molar-refractivity contribution in [2.24, 2.45) is 5.92 Å². The highest BCUT2D eigenvalue weighted by Gasteiger charge is 2.37. The van der Waals surface area contributed by atoms with Crippen molar-refractivity contribution >= 4 is 5.91 Å². The minimum atomic E-state index is -0.414. The first kappa shape index (κ1) is 14.8. The maximum Gasteiger partial charge on any atom is 0.241 e. The fourth-order valence-corrected chi connectivity index (χ4v) is 2.49. The number of nitrogens with zero attached hydrogens (tertiary/aromatic N) is 1. The number of halogens is 1. The van der Waals surface area contributed by atoms with Gasteiger partial charge in [0.05, 0.1) is 13.2 Å². The van der Waals surface area contributed by atoms with Crippen molar-refractivity contribution in [1.29, 1.82) is 0 Å². The summed E-state index contributed by atoms with van der Waals surface area (Å²) in [5, 5.41) is 3.21. The summed E-state index contributed by atoms with van der Waals surface area (Å²) < 4.78 is 18.8. The Bertz CT molecular complexity index is 505. The second kappa shape index (κ2) is 5.79. The van der Waals surface area contributed by atoms with E-state index >= 15 is 0 Å². The molecule has 1 aromatic rings. The van der Waals surface area contributed by atoms with Crippen LogP contribution in [0.15, 0.2) is 18.2 Å². The van der Waals surface area contributed by atoms with Crippen LogP contribution >= 0.6 is 0 Å². The van der Waals surface area contributed by atoms with Gasteiger partial charge in [0, 0.05) is 6.54 Å². The number of hydrogen-bond donors (Lipinski definition) is 1. The molecule has 2 rings (SSSR count). The standard InChI is InChI=1S/C15H21FN2O2/c1-9(2)8-18-14(17-10(3)15(18)19)11-5-6-13(20-4)12(16)7-11/h5-7,9-10,14,17H,8H2,1-4H3. The van der Waals surface area contributed by atoms with E-state index in [2.05, 4.69) is 19.2 Å². The Kier molecular flexibility index (Phi) is 4.28. The number of methoxy groups -OCH3 is 1. The van der Waals surface area contributed by atoms with Gasteiger partial charge in [-0.05, 0) is 30.5 Å². The summed E-state index contributed by atoms with van der Waals surface area (Å²) in [7, 11) is 1.43. The van der Waals surface area contributed by atoms with Gasteiger partial charge in [-0.15, -0.1) is 0 Å². The second-order valence-corrected chi connectivity index (χ2v) is 5.57. The number of rotatable bonds is 4. The molecule has 5 heteroatoms. The van der Waals surface area contributed by atoms with E-state index < -0.39 is 5.82 Å². The van der Waals surface area contributed by atoms with E-state index in [1.54, 1.807) is 17.0 Å². The molecule has 2 unspecified atom stereocenters. The van der Waals surface area contributed by atoms with E-state index in [-0.39, 0.29) is 23.9 Å². The first-order valence-electron chi connectivity index (χ1n) is 6.84. The Balaban J connectivity index is 2.29. The van der Waals surface area contributed by atoms with Gasteiger partial charge in [-0.3, -0.25) is 10.1 Å². The van der Waals surface area contributed by atoms with E-state index in [0.29, 0.717) is 12.5 Å². The van der Waals surface area contributed by atoms with Gasteiger partial charge in [0.2, 0.25) is 5.91 Å². The first-order valence-corrected chi connectivity index (χ1v) is 6.84. The third-order valence-corrected chi connectivity index (χ3v) is 3.43. The summed E-state index contributed by atoms with van der Waals surface area (Å²) in [4.78, 5) is 14.0. The van der Waals surface area contributed by atoms with Crippen LogP contribution in [0, 0.1) is 11.7 Å². The van der Waals surface area contributed by atoms with Crippen LogP contribution in [-0.4, -0.2) is 30.5 Å². The molecule has 1 amide bonds. The van der Waals surface area contributed by atoms with Crippen molar-refractivity contribution in [3.63, 3.8) is 0 Å². The number of hydrogen-bond acceptors (Lipinski definition) is 3. The highest BCUT2D eigenvalue weighted by atomic mass is 19.1. The van der Waals surface area contributed by atoms with Crippen LogP contribution in [0.2, 0.25) is 0 Å². The molecule has 4 nitrogen and oxygen atoms in total. The van der Waals surface area contributed by atoms with Crippen molar-refractivity contribution < 1.29 is 13.9 Å². The minimum Gasteiger partial charge on any atom is -0.494 e. The van der Waals surface area contributed by atoms with E-state index in [0.717, 1.165) is 5.56 Å². The maximum atomic E-state index is 13.8. The molecule has 0 spiro atoms. The SMILES string of the molecule is COc1ccc(C2NC(C)C(=O)N2CC(C)C)cc1F. The Morgan fingerprint density at radius 3 is 2.70 bits per heavy atom. The number of carbonyl (C=O) groups is 1. The molecule has 110 valence electrons. The van der Waals surface area contributed by atoms with Gasteiger partial charge in [-0.1, -0.05) is 19.9 Å². The monoisotopic (exact) mass is 280 g/mol. The predicted molar refractivity (Wildman–Crippen MR) is 74.8 cm³/mol. The van der Waals surface area contributed by atoms with Gasteiger partial charge in [0.25, 0.3) is 0 Å². The largest absolute Gasteiger partial charge is 0.494 e. The summed E-state index contributed by atoms with van der Waals surface area (Å²) in [5.41, 5.74) is 0.738. The quantitative estimate of drug-likeness (QED) is 0.920. The molecular formula is C15H21FN2O2. The van der Waals surface area contributed by atoms with Gasteiger partial charge >= 0.3 is 0 Å². The van der Waals surface area contributed by atoms with E-state index in [1.165, 1.54) is 13.2 Å². The zero-order valence-electron chi connectivity index (χ0n) is 12.3. The Morgan fingerprint density at radius 2 is 2.15 bits per heavy atom.